The van der Waals surface area contributed by atoms with Crippen LogP contribution in [0.2, 0.25) is 10.0 Å². The third-order valence-electron chi connectivity index (χ3n) is 4.69. The first-order valence-electron chi connectivity index (χ1n) is 8.06. The van der Waals surface area contributed by atoms with Crippen molar-refractivity contribution in [3.05, 3.63) is 28.2 Å². The van der Waals surface area contributed by atoms with Crippen LogP contribution in [0.15, 0.2) is 23.2 Å². The zero-order chi connectivity index (χ0) is 17.2. The number of thioether (sulfide) groups is 1. The molecule has 1 saturated heterocycles. The van der Waals surface area contributed by atoms with Crippen LogP contribution in [-0.2, 0) is 4.74 Å². The van der Waals surface area contributed by atoms with Crippen LogP contribution < -0.4 is 0 Å². The van der Waals surface area contributed by atoms with Gasteiger partial charge in [0.25, 0.3) is 11.3 Å². The monoisotopic (exact) mass is 386 g/mol. The Hall–Kier alpha value is -0.910. The summed E-state index contributed by atoms with van der Waals surface area (Å²) in [4.78, 5) is 18.5. The molecule has 7 heteroatoms. The second-order valence-electron chi connectivity index (χ2n) is 6.37. The van der Waals surface area contributed by atoms with Gasteiger partial charge in [-0.25, -0.2) is 0 Å². The molecule has 0 atom stereocenters. The number of amides is 1. The van der Waals surface area contributed by atoms with E-state index >= 15 is 0 Å². The van der Waals surface area contributed by atoms with Gasteiger partial charge >= 0.3 is 0 Å². The van der Waals surface area contributed by atoms with Crippen LogP contribution in [0.1, 0.15) is 32.1 Å². The third-order valence-corrected chi connectivity index (χ3v) is 6.07. The summed E-state index contributed by atoms with van der Waals surface area (Å²) in [6.07, 6.45) is 7.60. The molecular weight excluding hydrogens is 367 g/mol. The highest BCUT2D eigenvalue weighted by molar-refractivity contribution is 8.12. The van der Waals surface area contributed by atoms with Gasteiger partial charge in [0.2, 0.25) is 0 Å². The van der Waals surface area contributed by atoms with Gasteiger partial charge < -0.3 is 4.74 Å². The van der Waals surface area contributed by atoms with Crippen molar-refractivity contribution in [2.24, 2.45) is 10.4 Å². The van der Waals surface area contributed by atoms with Gasteiger partial charge in [0, 0.05) is 12.0 Å². The van der Waals surface area contributed by atoms with E-state index in [2.05, 4.69) is 4.99 Å². The molecule has 4 nitrogen and oxygen atoms in total. The maximum absolute atomic E-state index is 12.4. The molecule has 2 fully saturated rings. The Balaban J connectivity index is 1.90. The van der Waals surface area contributed by atoms with Crippen molar-refractivity contribution in [1.29, 1.82) is 0 Å². The van der Waals surface area contributed by atoms with Gasteiger partial charge in [-0.05, 0) is 31.2 Å². The molecule has 1 heterocycles. The van der Waals surface area contributed by atoms with Crippen LogP contribution in [0, 0.1) is 5.41 Å². The highest BCUT2D eigenvalue weighted by Gasteiger charge is 2.42. The Labute approximate surface area is 156 Å². The molecule has 1 aromatic carbocycles. The van der Waals surface area contributed by atoms with E-state index in [1.165, 1.54) is 31.0 Å². The summed E-state index contributed by atoms with van der Waals surface area (Å²) >= 11 is 13.4. The van der Waals surface area contributed by atoms with Crippen LogP contribution in [0.5, 0.6) is 0 Å². The second-order valence-corrected chi connectivity index (χ2v) is 7.92. The number of nitrogens with zero attached hydrogens (tertiary/aromatic N) is 2. The zero-order valence-corrected chi connectivity index (χ0v) is 15.9. The largest absolute Gasteiger partial charge is 0.464 e. The lowest BCUT2D eigenvalue weighted by Crippen LogP contribution is -2.52. The minimum absolute atomic E-state index is 0.0563. The highest BCUT2D eigenvalue weighted by atomic mass is 35.5. The molecule has 2 aliphatic rings. The summed E-state index contributed by atoms with van der Waals surface area (Å²) in [5.41, 5.74) is 0.568. The van der Waals surface area contributed by atoms with Crippen molar-refractivity contribution < 1.29 is 9.53 Å². The number of carbonyl (C=O) groups is 1. The van der Waals surface area contributed by atoms with Gasteiger partial charge in [0.15, 0.2) is 0 Å². The van der Waals surface area contributed by atoms with Crippen molar-refractivity contribution in [1.82, 2.24) is 4.90 Å². The van der Waals surface area contributed by atoms with Crippen molar-refractivity contribution in [3.63, 3.8) is 0 Å². The molecule has 1 amide bonds. The molecule has 0 aromatic heterocycles. The summed E-state index contributed by atoms with van der Waals surface area (Å²) in [6, 6.07) is 5.56. The summed E-state index contributed by atoms with van der Waals surface area (Å²) < 4.78 is 5.95. The van der Waals surface area contributed by atoms with E-state index in [4.69, 9.17) is 27.9 Å². The lowest BCUT2D eigenvalue weighted by molar-refractivity contribution is 0.0282. The van der Waals surface area contributed by atoms with Crippen LogP contribution >= 0.6 is 35.0 Å². The average molecular weight is 387 g/mol. The molecule has 1 aliphatic heterocycles. The molecule has 130 valence electrons. The molecule has 24 heavy (non-hydrogen) atoms. The Bertz CT molecular complexity index is 660. The minimum Gasteiger partial charge on any atom is -0.464 e. The predicted molar refractivity (Wildman–Crippen MR) is 101 cm³/mol. The van der Waals surface area contributed by atoms with E-state index in [1.807, 2.05) is 0 Å². The first-order valence-corrected chi connectivity index (χ1v) is 10.0. The van der Waals surface area contributed by atoms with Crippen LogP contribution in [0.4, 0.5) is 10.5 Å². The number of aliphatic imine (C=N–C) groups is 1. The van der Waals surface area contributed by atoms with Gasteiger partial charge in [-0.15, -0.1) is 0 Å². The Morgan fingerprint density at radius 3 is 2.75 bits per heavy atom. The molecule has 1 spiro atoms. The molecule has 1 saturated carbocycles. The summed E-state index contributed by atoms with van der Waals surface area (Å²) in [5, 5.41) is 0.738. The van der Waals surface area contributed by atoms with E-state index < -0.39 is 0 Å². The van der Waals surface area contributed by atoms with Crippen LogP contribution in [0.25, 0.3) is 0 Å². The lowest BCUT2D eigenvalue weighted by Gasteiger charge is -2.44. The van der Waals surface area contributed by atoms with E-state index in [9.17, 15) is 4.79 Å². The van der Waals surface area contributed by atoms with Gasteiger partial charge in [-0.2, -0.15) is 4.99 Å². The van der Waals surface area contributed by atoms with E-state index in [0.29, 0.717) is 34.9 Å². The molecule has 0 N–H and O–H groups in total. The van der Waals surface area contributed by atoms with E-state index in [1.54, 1.807) is 29.4 Å². The van der Waals surface area contributed by atoms with Crippen LogP contribution in [0.3, 0.4) is 0 Å². The fourth-order valence-electron chi connectivity index (χ4n) is 3.38. The van der Waals surface area contributed by atoms with Crippen molar-refractivity contribution in [2.75, 3.05) is 19.4 Å². The van der Waals surface area contributed by atoms with Gasteiger partial charge in [0.1, 0.15) is 0 Å². The highest BCUT2D eigenvalue weighted by Crippen LogP contribution is 2.41. The Kier molecular flexibility index (Phi) is 5.63. The Morgan fingerprint density at radius 2 is 2.04 bits per heavy atom. The SMILES string of the molecule is CSC(=O)N1CC2(CCCCC2)COC1=Nc1cccc(Cl)c1Cl. The second kappa shape index (κ2) is 7.54. The van der Waals surface area contributed by atoms with Crippen molar-refractivity contribution in [2.45, 2.75) is 32.1 Å². The maximum atomic E-state index is 12.4. The fourth-order valence-corrected chi connectivity index (χ4v) is 4.08. The normalized spacial score (nSPS) is 21.8. The molecule has 3 rings (SSSR count). The van der Waals surface area contributed by atoms with E-state index in [0.717, 1.165) is 12.8 Å². The third kappa shape index (κ3) is 3.68. The van der Waals surface area contributed by atoms with Gasteiger partial charge in [0.05, 0.1) is 22.3 Å². The maximum Gasteiger partial charge on any atom is 0.300 e. The molecule has 1 aromatic rings. The first kappa shape index (κ1) is 17.9. The fraction of sp³-hybridized carbons (Fsp3) is 0.529. The number of amidine groups is 1. The smallest absolute Gasteiger partial charge is 0.300 e. The van der Waals surface area contributed by atoms with Crippen molar-refractivity contribution >= 4 is 51.9 Å². The van der Waals surface area contributed by atoms with E-state index in [-0.39, 0.29) is 10.7 Å². The van der Waals surface area contributed by atoms with Gasteiger partial charge in [-0.3, -0.25) is 9.69 Å². The van der Waals surface area contributed by atoms with Crippen molar-refractivity contribution in [3.8, 4) is 0 Å². The topological polar surface area (TPSA) is 41.9 Å². The molecule has 0 bridgehead atoms. The number of ether oxygens (including phenoxy) is 1. The summed E-state index contributed by atoms with van der Waals surface area (Å²) in [7, 11) is 0. The predicted octanol–water partition coefficient (Wildman–Crippen LogP) is 5.75. The minimum atomic E-state index is -0.0588. The number of hydrogen-bond acceptors (Lipinski definition) is 4. The number of rotatable bonds is 1. The number of hydrogen-bond donors (Lipinski definition) is 0. The number of benzene rings is 1. The molecule has 1 aliphatic carbocycles. The number of halogens is 2. The quantitative estimate of drug-likeness (QED) is 0.616. The zero-order valence-electron chi connectivity index (χ0n) is 13.6. The summed E-state index contributed by atoms with van der Waals surface area (Å²) in [5.74, 6) is 0. The molecule has 0 unspecified atom stereocenters. The lowest BCUT2D eigenvalue weighted by atomic mass is 9.74. The molecular formula is C17H20Cl2N2O2S. The standard InChI is InChI=1S/C17H20Cl2N2O2S/c1-24-16(22)21-10-17(8-3-2-4-9-17)11-23-15(21)20-13-7-5-6-12(18)14(13)19/h5-7H,2-4,8-11H2,1H3. The summed E-state index contributed by atoms with van der Waals surface area (Å²) in [6.45, 7) is 1.26. The average Bonchev–Trinajstić information content (AvgIpc) is 2.60. The Morgan fingerprint density at radius 1 is 1.29 bits per heavy atom. The first-order chi connectivity index (χ1) is 11.5. The van der Waals surface area contributed by atoms with Gasteiger partial charge in [-0.1, -0.05) is 60.3 Å². The van der Waals surface area contributed by atoms with Crippen LogP contribution in [-0.4, -0.2) is 35.6 Å². The number of carbonyl (C=O) groups excluding carboxylic acids is 1. The molecule has 0 radical (unpaired) electrons.